The van der Waals surface area contributed by atoms with E-state index in [4.69, 9.17) is 0 Å². The minimum Gasteiger partial charge on any atom is -0.295 e. The fourth-order valence-corrected chi connectivity index (χ4v) is 35.3. The third kappa shape index (κ3) is 11.3. The topological polar surface area (TPSA) is 9.72 Å². The van der Waals surface area contributed by atoms with E-state index in [1.165, 1.54) is 38.5 Å². The lowest BCUT2D eigenvalue weighted by atomic mass is 9.18. The van der Waals surface area contributed by atoms with Crippen molar-refractivity contribution >= 4 is 6.71 Å². The summed E-state index contributed by atoms with van der Waals surface area (Å²) >= 11 is 0. The molecule has 94 heavy (non-hydrogen) atoms. The number of rotatable bonds is 8. The van der Waals surface area contributed by atoms with Crippen molar-refractivity contribution in [3.05, 3.63) is 0 Å². The molecule has 0 aromatic carbocycles. The third-order valence-corrected chi connectivity index (χ3v) is 38.1. The van der Waals surface area contributed by atoms with Gasteiger partial charge in [0.1, 0.15) is 0 Å². The second-order valence-electron chi connectivity index (χ2n) is 42.1. The molecule has 16 saturated carbocycles. The summed E-state index contributed by atoms with van der Waals surface area (Å²) in [6.07, 6.45) is 84.2. The van der Waals surface area contributed by atoms with E-state index in [1.807, 2.05) is 0 Å². The van der Waals surface area contributed by atoms with Crippen LogP contribution in [0.25, 0.3) is 0 Å². The van der Waals surface area contributed by atoms with E-state index in [0.29, 0.717) is 5.41 Å². The zero-order valence-electron chi connectivity index (χ0n) is 61.9. The zero-order chi connectivity index (χ0) is 62.3. The van der Waals surface area contributed by atoms with Gasteiger partial charge in [-0.15, -0.1) is 0 Å². The van der Waals surface area contributed by atoms with Gasteiger partial charge in [-0.2, -0.15) is 0 Å². The number of fused-ring (bicyclic) bond motifs is 9. The molecule has 0 amide bonds. The van der Waals surface area contributed by atoms with Gasteiger partial charge < -0.3 is 0 Å². The summed E-state index contributed by atoms with van der Waals surface area (Å²) in [6, 6.07) is 7.86. The minimum atomic E-state index is 0.361. The molecule has 0 aromatic rings. The molecule has 16 aliphatic carbocycles. The Morgan fingerprint density at radius 1 is 0.234 bits per heavy atom. The van der Waals surface area contributed by atoms with Gasteiger partial charge in [0.25, 0.3) is 0 Å². The molecule has 0 spiro atoms. The highest BCUT2D eigenvalue weighted by molar-refractivity contribution is 6.65. The lowest BCUT2D eigenvalue weighted by molar-refractivity contribution is -0.155. The lowest BCUT2D eigenvalue weighted by Gasteiger charge is -2.72. The number of hydrogen-bond acceptors (Lipinski definition) is 3. The molecule has 3 aliphatic heterocycles. The first-order valence-electron chi connectivity index (χ1n) is 45.6. The second-order valence-corrected chi connectivity index (χ2v) is 42.1. The molecule has 0 bridgehead atoms. The van der Waals surface area contributed by atoms with Gasteiger partial charge in [-0.1, -0.05) is 245 Å². The molecule has 19 aliphatic rings. The van der Waals surface area contributed by atoms with Crippen LogP contribution in [0.15, 0.2) is 0 Å². The molecule has 19 rings (SSSR count). The number of nitrogens with zero attached hydrogens (tertiary/aromatic N) is 3. The van der Waals surface area contributed by atoms with E-state index >= 15 is 0 Å². The zero-order valence-corrected chi connectivity index (χ0v) is 61.9. The Hall–Kier alpha value is -0.0551. The van der Waals surface area contributed by atoms with Crippen LogP contribution in [-0.2, 0) is 0 Å². The van der Waals surface area contributed by atoms with Crippen LogP contribution in [0, 0.1) is 130 Å². The van der Waals surface area contributed by atoms with Gasteiger partial charge in [-0.25, -0.2) is 0 Å². The maximum absolute atomic E-state index is 3.96. The Labute approximate surface area is 580 Å². The molecule has 19 fully saturated rings. The van der Waals surface area contributed by atoms with Crippen molar-refractivity contribution in [2.45, 2.75) is 433 Å². The molecule has 3 saturated heterocycles. The summed E-state index contributed by atoms with van der Waals surface area (Å²) in [6.45, 7) is 9.53. The molecule has 3 heterocycles. The molecule has 526 valence electrons. The molecular formula is C90H148BN3. The molecule has 3 nitrogen and oxygen atoms in total. The van der Waals surface area contributed by atoms with Crippen LogP contribution in [0.3, 0.4) is 0 Å². The molecule has 0 radical (unpaired) electrons. The fraction of sp³-hybridized carbons (Fsp3) is 1.00. The van der Waals surface area contributed by atoms with Crippen molar-refractivity contribution in [3.8, 4) is 0 Å². The predicted octanol–water partition coefficient (Wildman–Crippen LogP) is 23.7. The van der Waals surface area contributed by atoms with Crippen LogP contribution in [0.1, 0.15) is 361 Å². The van der Waals surface area contributed by atoms with Crippen molar-refractivity contribution in [1.82, 2.24) is 14.7 Å². The average molecular weight is 1280 g/mol. The van der Waals surface area contributed by atoms with Crippen LogP contribution in [-0.4, -0.2) is 75.8 Å². The summed E-state index contributed by atoms with van der Waals surface area (Å²) in [7, 11) is 0. The highest BCUT2D eigenvalue weighted by Gasteiger charge is 2.70. The first-order chi connectivity index (χ1) is 46.3. The summed E-state index contributed by atoms with van der Waals surface area (Å²) in [5.41, 5.74) is 0.361. The van der Waals surface area contributed by atoms with Crippen LogP contribution in [0.2, 0.25) is 17.5 Å². The van der Waals surface area contributed by atoms with E-state index in [-0.39, 0.29) is 0 Å². The Morgan fingerprint density at radius 3 is 1.11 bits per heavy atom. The van der Waals surface area contributed by atoms with Gasteiger partial charge in [-0.05, 0) is 263 Å². The van der Waals surface area contributed by atoms with Gasteiger partial charge >= 0.3 is 0 Å². The van der Waals surface area contributed by atoms with Gasteiger partial charge in [0.05, 0.1) is 0 Å². The highest BCUT2D eigenvalue weighted by Crippen LogP contribution is 2.71. The lowest BCUT2D eigenvalue weighted by Crippen LogP contribution is -2.77. The number of hydrogen-bond donors (Lipinski definition) is 0. The molecule has 27 atom stereocenters. The van der Waals surface area contributed by atoms with Crippen LogP contribution in [0.4, 0.5) is 0 Å². The maximum atomic E-state index is 3.96. The quantitative estimate of drug-likeness (QED) is 0.224. The Morgan fingerprint density at radius 2 is 0.617 bits per heavy atom. The van der Waals surface area contributed by atoms with Crippen molar-refractivity contribution in [2.24, 2.45) is 130 Å². The first-order valence-corrected chi connectivity index (χ1v) is 45.6. The third-order valence-electron chi connectivity index (χ3n) is 38.1. The van der Waals surface area contributed by atoms with Crippen molar-refractivity contribution in [1.29, 1.82) is 0 Å². The van der Waals surface area contributed by atoms with E-state index in [1.54, 1.807) is 302 Å². The Bertz CT molecular complexity index is 2440. The monoisotopic (exact) mass is 1280 g/mol. The largest absolute Gasteiger partial charge is 0.295 e. The van der Waals surface area contributed by atoms with Crippen LogP contribution in [0.5, 0.6) is 0 Å². The van der Waals surface area contributed by atoms with Crippen molar-refractivity contribution in [3.63, 3.8) is 0 Å². The maximum Gasteiger partial charge on any atom is 0.156 e. The Kier molecular flexibility index (Phi) is 18.7. The number of likely N-dealkylation sites (tertiary alicyclic amines) is 1. The minimum absolute atomic E-state index is 0.361. The first kappa shape index (κ1) is 64.8. The summed E-state index contributed by atoms with van der Waals surface area (Å²) in [4.78, 5) is 11.4. The molecule has 27 unspecified atom stereocenters. The van der Waals surface area contributed by atoms with E-state index < -0.39 is 0 Å². The summed E-state index contributed by atoms with van der Waals surface area (Å²) < 4.78 is 0. The summed E-state index contributed by atoms with van der Waals surface area (Å²) in [5, 5.41) is 0. The summed E-state index contributed by atoms with van der Waals surface area (Å²) in [5.74, 6) is 24.7. The predicted molar refractivity (Wildman–Crippen MR) is 394 cm³/mol. The molecule has 0 aromatic heterocycles. The van der Waals surface area contributed by atoms with Gasteiger partial charge in [0, 0.05) is 54.4 Å². The normalized spacial score (nSPS) is 51.9. The average Bonchev–Trinajstić information content (AvgIpc) is 0.764. The second kappa shape index (κ2) is 27.2. The van der Waals surface area contributed by atoms with Crippen molar-refractivity contribution < 1.29 is 0 Å². The van der Waals surface area contributed by atoms with E-state index in [0.717, 1.165) is 203 Å². The van der Waals surface area contributed by atoms with E-state index in [2.05, 4.69) is 35.5 Å². The van der Waals surface area contributed by atoms with E-state index in [9.17, 15) is 0 Å². The van der Waals surface area contributed by atoms with Crippen LogP contribution < -0.4 is 0 Å². The van der Waals surface area contributed by atoms with Gasteiger partial charge in [0.15, 0.2) is 6.71 Å². The smallest absolute Gasteiger partial charge is 0.156 e. The van der Waals surface area contributed by atoms with Gasteiger partial charge in [-0.3, -0.25) is 14.7 Å². The highest BCUT2D eigenvalue weighted by atomic mass is 15.3. The molecular weight excluding hydrogens is 1130 g/mol. The molecule has 4 heteroatoms. The molecule has 0 N–H and O–H groups in total. The SMILES string of the molecule is CC(C)(C)C1CC2C3B(C4CCC(C5CC6CCCC7C8CCCC9CCCC(C(C5)C67)C98)CC4N2C2C(C4CCCCC4)CCCC2C2CCCCC2)C2CCC(N4C5CCCCC5C5CCCCC54)CC2N(C2C(C4CCCCC4)CCCC2C2CCCCC2)C3C1. The fourth-order valence-electron chi connectivity index (χ4n) is 35.3. The Balaban J connectivity index is 0.762. The van der Waals surface area contributed by atoms with Crippen molar-refractivity contribution in [2.75, 3.05) is 0 Å². The standard InChI is InChI=1S/C90H148BN3/c1-90(2,3)65-54-83-87-84(55-65)94(89-69(59-29-12-6-13-30-59)40-24-41-70(89)60-31-14-7-15-32-60)82-56-66(92-79-45-18-16-36-71(79)72-37-17-19-46-80(72)92)48-50-78(82)91(87)77-49-47-62(64-51-63-35-22-43-74-73-42-20-33-61-34-21-44-75(85(61)73)76(52-64)86(63)74)53-81(77)93(83)88-67(57-25-8-4-9-26-57)38-23-39-68(88)58-27-10-5-11-28-58/h57-89H,4-56H2,1-3H3. The van der Waals surface area contributed by atoms with Gasteiger partial charge in [0.2, 0.25) is 0 Å². The van der Waals surface area contributed by atoms with Crippen LogP contribution >= 0.6 is 0 Å².